The molecule has 2 aromatic carbocycles. The number of methoxy groups -OCH3 is 1. The van der Waals surface area contributed by atoms with Crippen molar-refractivity contribution in [2.75, 3.05) is 25.5 Å². The van der Waals surface area contributed by atoms with Crippen molar-refractivity contribution >= 4 is 23.0 Å². The summed E-state index contributed by atoms with van der Waals surface area (Å²) in [6, 6.07) is 18.5. The van der Waals surface area contributed by atoms with Crippen LogP contribution in [0.5, 0.6) is 5.75 Å². The summed E-state index contributed by atoms with van der Waals surface area (Å²) in [7, 11) is 1.66. The van der Waals surface area contributed by atoms with Crippen molar-refractivity contribution in [1.82, 2.24) is 4.90 Å². The molecule has 0 aromatic heterocycles. The predicted molar refractivity (Wildman–Crippen MR) is 108 cm³/mol. The highest BCUT2D eigenvalue weighted by Crippen LogP contribution is 2.35. The van der Waals surface area contributed by atoms with Crippen molar-refractivity contribution in [3.63, 3.8) is 0 Å². The van der Waals surface area contributed by atoms with Gasteiger partial charge in [-0.15, -0.1) is 0 Å². The molecule has 3 rings (SSSR count). The van der Waals surface area contributed by atoms with Crippen molar-refractivity contribution < 1.29 is 4.74 Å². The summed E-state index contributed by atoms with van der Waals surface area (Å²) in [6.45, 7) is 3.56. The van der Waals surface area contributed by atoms with Gasteiger partial charge in [0.15, 0.2) is 5.11 Å². The molecule has 0 amide bonds. The maximum atomic E-state index is 9.81. The van der Waals surface area contributed by atoms with E-state index in [1.807, 2.05) is 43.3 Å². The van der Waals surface area contributed by atoms with Gasteiger partial charge in [0.25, 0.3) is 0 Å². The molecule has 134 valence electrons. The molecule has 0 bridgehead atoms. The molecule has 1 aliphatic rings. The minimum Gasteiger partial charge on any atom is -0.497 e. The molecule has 0 atom stereocenters. The summed E-state index contributed by atoms with van der Waals surface area (Å²) in [6.07, 6.45) is 1.55. The van der Waals surface area contributed by atoms with E-state index < -0.39 is 5.41 Å². The fraction of sp³-hybridized carbons (Fsp3) is 0.333. The Morgan fingerprint density at radius 2 is 1.88 bits per heavy atom. The van der Waals surface area contributed by atoms with Crippen molar-refractivity contribution in [1.29, 1.82) is 5.26 Å². The van der Waals surface area contributed by atoms with E-state index in [4.69, 9.17) is 17.0 Å². The maximum absolute atomic E-state index is 9.81. The minimum absolute atomic E-state index is 0.413. The lowest BCUT2D eigenvalue weighted by Gasteiger charge is -2.39. The van der Waals surface area contributed by atoms with Gasteiger partial charge in [-0.2, -0.15) is 5.26 Å². The van der Waals surface area contributed by atoms with Crippen LogP contribution < -0.4 is 10.1 Å². The number of likely N-dealkylation sites (tertiary alicyclic amines) is 1. The summed E-state index contributed by atoms with van der Waals surface area (Å²) >= 11 is 5.61. The maximum Gasteiger partial charge on any atom is 0.173 e. The highest BCUT2D eigenvalue weighted by atomic mass is 32.1. The first-order valence-electron chi connectivity index (χ1n) is 8.75. The van der Waals surface area contributed by atoms with E-state index in [1.165, 1.54) is 0 Å². The van der Waals surface area contributed by atoms with Gasteiger partial charge in [-0.1, -0.05) is 30.3 Å². The lowest BCUT2D eigenvalue weighted by Crippen LogP contribution is -2.46. The molecule has 26 heavy (non-hydrogen) atoms. The zero-order valence-corrected chi connectivity index (χ0v) is 16.0. The fourth-order valence-corrected chi connectivity index (χ4v) is 3.70. The Morgan fingerprint density at radius 1 is 1.19 bits per heavy atom. The number of nitrogens with one attached hydrogen (secondary N) is 1. The first-order valence-corrected chi connectivity index (χ1v) is 9.16. The molecule has 0 unspecified atom stereocenters. The quantitative estimate of drug-likeness (QED) is 0.824. The van der Waals surface area contributed by atoms with Crippen LogP contribution in [0.25, 0.3) is 0 Å². The summed E-state index contributed by atoms with van der Waals surface area (Å²) in [5.74, 6) is 0.832. The summed E-state index contributed by atoms with van der Waals surface area (Å²) in [5, 5.41) is 13.9. The molecule has 0 saturated carbocycles. The molecule has 1 heterocycles. The zero-order chi connectivity index (χ0) is 18.6. The first-order chi connectivity index (χ1) is 12.6. The molecule has 0 aliphatic carbocycles. The normalized spacial score (nSPS) is 15.8. The summed E-state index contributed by atoms with van der Waals surface area (Å²) in [4.78, 5) is 2.15. The van der Waals surface area contributed by atoms with E-state index in [9.17, 15) is 5.26 Å². The van der Waals surface area contributed by atoms with Gasteiger partial charge in [0, 0.05) is 18.8 Å². The number of nitriles is 1. The Hall–Kier alpha value is -2.58. The van der Waals surface area contributed by atoms with Crippen molar-refractivity contribution in [2.24, 2.45) is 0 Å². The first kappa shape index (κ1) is 18.2. The molecule has 2 aromatic rings. The average Bonchev–Trinajstić information content (AvgIpc) is 2.70. The predicted octanol–water partition coefficient (Wildman–Crippen LogP) is 4.26. The fourth-order valence-electron chi connectivity index (χ4n) is 3.41. The minimum atomic E-state index is -0.413. The number of piperidine rings is 1. The van der Waals surface area contributed by atoms with Gasteiger partial charge in [-0.05, 0) is 61.3 Å². The van der Waals surface area contributed by atoms with Crippen molar-refractivity contribution in [3.8, 4) is 11.8 Å². The number of anilines is 1. The van der Waals surface area contributed by atoms with Crippen LogP contribution in [-0.2, 0) is 5.41 Å². The van der Waals surface area contributed by atoms with E-state index in [0.717, 1.165) is 48.5 Å². The number of hydrogen-bond donors (Lipinski definition) is 1. The van der Waals surface area contributed by atoms with Gasteiger partial charge in [0.05, 0.1) is 18.6 Å². The molecule has 1 aliphatic heterocycles. The highest BCUT2D eigenvalue weighted by molar-refractivity contribution is 7.80. The molecule has 1 saturated heterocycles. The van der Waals surface area contributed by atoms with E-state index in [0.29, 0.717) is 5.11 Å². The Balaban J connectivity index is 1.66. The Morgan fingerprint density at radius 3 is 2.46 bits per heavy atom. The van der Waals surface area contributed by atoms with Crippen LogP contribution in [-0.4, -0.2) is 30.2 Å². The average molecular weight is 366 g/mol. The second-order valence-corrected chi connectivity index (χ2v) is 7.04. The summed E-state index contributed by atoms with van der Waals surface area (Å²) in [5.41, 5.74) is 2.76. The van der Waals surface area contributed by atoms with Crippen LogP contribution in [0.2, 0.25) is 0 Å². The summed E-state index contributed by atoms with van der Waals surface area (Å²) < 4.78 is 5.25. The van der Waals surface area contributed by atoms with Crippen molar-refractivity contribution in [3.05, 3.63) is 59.7 Å². The van der Waals surface area contributed by atoms with Crippen LogP contribution in [0.4, 0.5) is 5.69 Å². The van der Waals surface area contributed by atoms with Crippen molar-refractivity contribution in [2.45, 2.75) is 25.2 Å². The number of nitrogens with zero attached hydrogens (tertiary/aromatic N) is 2. The third-order valence-electron chi connectivity index (χ3n) is 5.12. The van der Waals surface area contributed by atoms with E-state index >= 15 is 0 Å². The highest BCUT2D eigenvalue weighted by Gasteiger charge is 2.37. The van der Waals surface area contributed by atoms with Gasteiger partial charge in [-0.25, -0.2) is 0 Å². The van der Waals surface area contributed by atoms with Crippen LogP contribution in [0, 0.1) is 18.3 Å². The molecule has 0 spiro atoms. The number of thiocarbonyl (C=S) groups is 1. The third-order valence-corrected chi connectivity index (χ3v) is 5.48. The molecule has 0 radical (unpaired) electrons. The number of rotatable bonds is 3. The molecule has 4 nitrogen and oxygen atoms in total. The second kappa shape index (κ2) is 7.76. The molecule has 1 N–H and O–H groups in total. The zero-order valence-electron chi connectivity index (χ0n) is 15.2. The van der Waals surface area contributed by atoms with E-state index in [2.05, 4.69) is 28.4 Å². The van der Waals surface area contributed by atoms with Gasteiger partial charge >= 0.3 is 0 Å². The monoisotopic (exact) mass is 365 g/mol. The largest absolute Gasteiger partial charge is 0.497 e. The number of benzene rings is 2. The lowest BCUT2D eigenvalue weighted by atomic mass is 9.74. The van der Waals surface area contributed by atoms with Crippen LogP contribution in [0.15, 0.2) is 48.5 Å². The Bertz CT molecular complexity index is 821. The number of aryl methyl sites for hydroxylation is 1. The van der Waals surface area contributed by atoms with Crippen LogP contribution in [0.3, 0.4) is 0 Å². The van der Waals surface area contributed by atoms with Gasteiger partial charge in [0.1, 0.15) is 5.75 Å². The van der Waals surface area contributed by atoms with Gasteiger partial charge in [0.2, 0.25) is 0 Å². The SMILES string of the molecule is COc1ccc(NC(=S)N2CCC(C#N)(c3ccccc3)CC2)c(C)c1. The molecular formula is C21H23N3OS. The molecule has 1 fully saturated rings. The van der Waals surface area contributed by atoms with Gasteiger partial charge < -0.3 is 15.0 Å². The smallest absolute Gasteiger partial charge is 0.173 e. The number of hydrogen-bond acceptors (Lipinski definition) is 3. The second-order valence-electron chi connectivity index (χ2n) is 6.66. The topological polar surface area (TPSA) is 48.3 Å². The Kier molecular flexibility index (Phi) is 5.43. The van der Waals surface area contributed by atoms with Crippen LogP contribution >= 0.6 is 12.2 Å². The van der Waals surface area contributed by atoms with Gasteiger partial charge in [-0.3, -0.25) is 0 Å². The molecule has 5 heteroatoms. The van der Waals surface area contributed by atoms with E-state index in [1.54, 1.807) is 7.11 Å². The van der Waals surface area contributed by atoms with E-state index in [-0.39, 0.29) is 0 Å². The Labute approximate surface area is 160 Å². The third kappa shape index (κ3) is 3.66. The lowest BCUT2D eigenvalue weighted by molar-refractivity contribution is 0.272. The number of ether oxygens (including phenoxy) is 1. The molecular weight excluding hydrogens is 342 g/mol. The standard InChI is InChI=1S/C21H23N3OS/c1-16-14-18(25-2)8-9-19(16)23-20(26)24-12-10-21(15-22,11-13-24)17-6-4-3-5-7-17/h3-9,14H,10-13H2,1-2H3,(H,23,26). The van der Waals surface area contributed by atoms with Crippen LogP contribution in [0.1, 0.15) is 24.0 Å².